The van der Waals surface area contributed by atoms with Gasteiger partial charge in [0.15, 0.2) is 0 Å². The number of carbonyl (C=O) groups is 3. The molecule has 1 heterocycles. The van der Waals surface area contributed by atoms with Crippen LogP contribution in [-0.2, 0) is 16.1 Å². The van der Waals surface area contributed by atoms with Crippen LogP contribution in [0, 0.1) is 18.2 Å². The van der Waals surface area contributed by atoms with E-state index in [1.807, 2.05) is 38.1 Å². The molecule has 3 N–H and O–H groups in total. The maximum Gasteiger partial charge on any atom is 0.412 e. The van der Waals surface area contributed by atoms with Crippen LogP contribution in [0.2, 0.25) is 5.02 Å². The van der Waals surface area contributed by atoms with Crippen molar-refractivity contribution in [3.8, 4) is 0 Å². The Kier molecular flexibility index (Phi) is 10.7. The SMILES string of the molecule is [CH2]C(C)(C)CNC(=O)CC[C@@H](COC(=O)Nc1cc2ccccc2cn1)N(C)C(=O)NCc1cccc(F)c1Cl. The molecule has 0 aliphatic carbocycles. The zero-order valence-electron chi connectivity index (χ0n) is 22.8. The second-order valence-electron chi connectivity index (χ2n) is 10.3. The summed E-state index contributed by atoms with van der Waals surface area (Å²) in [6.45, 7) is 7.96. The highest BCUT2D eigenvalue weighted by atomic mass is 35.5. The van der Waals surface area contributed by atoms with E-state index in [-0.39, 0.29) is 42.3 Å². The summed E-state index contributed by atoms with van der Waals surface area (Å²) in [6.07, 6.45) is 1.19. The number of hydrogen-bond donors (Lipinski definition) is 3. The first kappa shape index (κ1) is 30.6. The summed E-state index contributed by atoms with van der Waals surface area (Å²) in [5.41, 5.74) is 0.0794. The predicted octanol–water partition coefficient (Wildman–Crippen LogP) is 5.54. The lowest BCUT2D eigenvalue weighted by molar-refractivity contribution is -0.121. The number of fused-ring (bicyclic) bond motifs is 1. The first-order valence-corrected chi connectivity index (χ1v) is 13.1. The van der Waals surface area contributed by atoms with Crippen molar-refractivity contribution >= 4 is 46.2 Å². The van der Waals surface area contributed by atoms with E-state index in [1.54, 1.807) is 18.3 Å². The maximum absolute atomic E-state index is 13.8. The fourth-order valence-electron chi connectivity index (χ4n) is 3.72. The Morgan fingerprint density at radius 2 is 1.85 bits per heavy atom. The number of nitrogens with zero attached hydrogens (tertiary/aromatic N) is 2. The fraction of sp³-hybridized carbons (Fsp3) is 0.345. The van der Waals surface area contributed by atoms with Crippen molar-refractivity contribution in [1.82, 2.24) is 20.5 Å². The minimum absolute atomic E-state index is 0.0134. The Balaban J connectivity index is 1.62. The van der Waals surface area contributed by atoms with E-state index in [0.29, 0.717) is 17.9 Å². The Morgan fingerprint density at radius 1 is 1.12 bits per heavy atom. The molecule has 9 nitrogen and oxygen atoms in total. The van der Waals surface area contributed by atoms with Crippen molar-refractivity contribution < 1.29 is 23.5 Å². The van der Waals surface area contributed by atoms with Crippen LogP contribution in [0.4, 0.5) is 19.8 Å². The van der Waals surface area contributed by atoms with Crippen molar-refractivity contribution in [3.63, 3.8) is 0 Å². The third-order valence-electron chi connectivity index (χ3n) is 6.07. The van der Waals surface area contributed by atoms with Crippen molar-refractivity contribution in [2.45, 2.75) is 39.3 Å². The number of pyridine rings is 1. The molecule has 4 amide bonds. The number of urea groups is 1. The van der Waals surface area contributed by atoms with Crippen LogP contribution >= 0.6 is 11.6 Å². The van der Waals surface area contributed by atoms with Gasteiger partial charge in [-0.05, 0) is 41.8 Å². The third-order valence-corrected chi connectivity index (χ3v) is 6.49. The highest BCUT2D eigenvalue weighted by Crippen LogP contribution is 2.20. The van der Waals surface area contributed by atoms with Crippen molar-refractivity contribution in [2.24, 2.45) is 5.41 Å². The van der Waals surface area contributed by atoms with E-state index in [1.165, 1.54) is 24.1 Å². The number of rotatable bonds is 11. The minimum atomic E-state index is -0.753. The molecule has 1 radical (unpaired) electrons. The summed E-state index contributed by atoms with van der Waals surface area (Å²) in [6, 6.07) is 12.5. The van der Waals surface area contributed by atoms with Gasteiger partial charge in [0, 0.05) is 38.1 Å². The Bertz CT molecular complexity index is 1350. The van der Waals surface area contributed by atoms with Crippen molar-refractivity contribution in [1.29, 1.82) is 0 Å². The number of halogens is 2. The minimum Gasteiger partial charge on any atom is -0.447 e. The van der Waals surface area contributed by atoms with E-state index in [2.05, 4.69) is 27.9 Å². The lowest BCUT2D eigenvalue weighted by atomic mass is 9.97. The highest BCUT2D eigenvalue weighted by molar-refractivity contribution is 6.31. The number of nitrogens with one attached hydrogen (secondary N) is 3. The summed E-state index contributed by atoms with van der Waals surface area (Å²) < 4.78 is 19.2. The van der Waals surface area contributed by atoms with Gasteiger partial charge in [-0.1, -0.05) is 61.8 Å². The van der Waals surface area contributed by atoms with Gasteiger partial charge in [-0.3, -0.25) is 10.1 Å². The van der Waals surface area contributed by atoms with Gasteiger partial charge >= 0.3 is 12.1 Å². The van der Waals surface area contributed by atoms with Crippen molar-refractivity contribution in [3.05, 3.63) is 78.1 Å². The molecule has 0 unspecified atom stereocenters. The molecule has 3 aromatic rings. The summed E-state index contributed by atoms with van der Waals surface area (Å²) >= 11 is 5.99. The molecule has 0 aliphatic heterocycles. The number of likely N-dealkylation sites (N-methyl/N-ethyl adjacent to an activating group) is 1. The number of aromatic nitrogens is 1. The van der Waals surface area contributed by atoms with Crippen LogP contribution < -0.4 is 16.0 Å². The van der Waals surface area contributed by atoms with Crippen LogP contribution in [0.1, 0.15) is 32.3 Å². The van der Waals surface area contributed by atoms with Gasteiger partial charge < -0.3 is 20.3 Å². The molecule has 0 saturated carbocycles. The summed E-state index contributed by atoms with van der Waals surface area (Å²) in [4.78, 5) is 43.4. The van der Waals surface area contributed by atoms with Gasteiger partial charge in [0.2, 0.25) is 5.91 Å². The van der Waals surface area contributed by atoms with Crippen LogP contribution in [0.15, 0.2) is 54.7 Å². The van der Waals surface area contributed by atoms with Gasteiger partial charge in [-0.15, -0.1) is 0 Å². The molecule has 3 rings (SSSR count). The summed E-state index contributed by atoms with van der Waals surface area (Å²) in [5, 5.41) is 9.84. The Morgan fingerprint density at radius 3 is 2.58 bits per heavy atom. The maximum atomic E-state index is 13.8. The molecule has 0 bridgehead atoms. The highest BCUT2D eigenvalue weighted by Gasteiger charge is 2.24. The topological polar surface area (TPSA) is 113 Å². The van der Waals surface area contributed by atoms with Gasteiger partial charge in [0.25, 0.3) is 0 Å². The van der Waals surface area contributed by atoms with Gasteiger partial charge in [-0.2, -0.15) is 0 Å². The standard InChI is InChI=1S/C29H34ClFN5O4/c1-29(2,3)18-34-25(37)13-12-22(36(4)27(38)33-16-21-10-7-11-23(31)26(21)30)17-40-28(39)35-24-14-19-8-5-6-9-20(19)15-32-24/h5-11,14-15,22H,1,12-13,16-18H2,2-4H3,(H,33,38)(H,34,37)(H,32,35,39)/t22-/m0/s1. The monoisotopic (exact) mass is 570 g/mol. The van der Waals surface area contributed by atoms with E-state index in [9.17, 15) is 18.8 Å². The second-order valence-corrected chi connectivity index (χ2v) is 10.6. The van der Waals surface area contributed by atoms with E-state index < -0.39 is 24.0 Å². The molecule has 0 saturated heterocycles. The Labute approximate surface area is 238 Å². The predicted molar refractivity (Wildman–Crippen MR) is 153 cm³/mol. The molecular weight excluding hydrogens is 537 g/mol. The second kappa shape index (κ2) is 13.9. The molecule has 213 valence electrons. The summed E-state index contributed by atoms with van der Waals surface area (Å²) in [5.74, 6) is -0.489. The van der Waals surface area contributed by atoms with Gasteiger partial charge in [0.05, 0.1) is 11.1 Å². The molecule has 2 aromatic carbocycles. The summed E-state index contributed by atoms with van der Waals surface area (Å²) in [7, 11) is 1.52. The molecule has 0 aliphatic rings. The molecular formula is C29H34ClFN5O4. The smallest absolute Gasteiger partial charge is 0.412 e. The molecule has 1 atom stereocenters. The average molecular weight is 571 g/mol. The number of carbonyl (C=O) groups excluding carboxylic acids is 3. The normalized spacial score (nSPS) is 11.9. The largest absolute Gasteiger partial charge is 0.447 e. The van der Waals surface area contributed by atoms with E-state index in [0.717, 1.165) is 10.8 Å². The zero-order chi connectivity index (χ0) is 29.3. The molecule has 1 aromatic heterocycles. The van der Waals surface area contributed by atoms with Gasteiger partial charge in [-0.25, -0.2) is 19.0 Å². The number of anilines is 1. The quantitative estimate of drug-likeness (QED) is 0.280. The lowest BCUT2D eigenvalue weighted by Crippen LogP contribution is -2.46. The van der Waals surface area contributed by atoms with E-state index in [4.69, 9.17) is 16.3 Å². The number of amides is 4. The third kappa shape index (κ3) is 9.37. The van der Waals surface area contributed by atoms with Gasteiger partial charge in [0.1, 0.15) is 18.2 Å². The number of benzene rings is 2. The van der Waals surface area contributed by atoms with Crippen LogP contribution in [0.25, 0.3) is 10.8 Å². The molecule has 0 fully saturated rings. The molecule has 0 spiro atoms. The lowest BCUT2D eigenvalue weighted by Gasteiger charge is -2.28. The van der Waals surface area contributed by atoms with Crippen LogP contribution in [-0.4, -0.2) is 54.2 Å². The van der Waals surface area contributed by atoms with Crippen LogP contribution in [0.3, 0.4) is 0 Å². The zero-order valence-corrected chi connectivity index (χ0v) is 23.6. The fourth-order valence-corrected chi connectivity index (χ4v) is 3.92. The first-order chi connectivity index (χ1) is 18.9. The Hall–Kier alpha value is -3.92. The van der Waals surface area contributed by atoms with Crippen LogP contribution in [0.5, 0.6) is 0 Å². The number of ether oxygens (including phenoxy) is 1. The molecule has 40 heavy (non-hydrogen) atoms. The van der Waals surface area contributed by atoms with E-state index >= 15 is 0 Å². The molecule has 11 heteroatoms. The first-order valence-electron chi connectivity index (χ1n) is 12.8. The number of hydrogen-bond acceptors (Lipinski definition) is 5. The average Bonchev–Trinajstić information content (AvgIpc) is 2.91. The van der Waals surface area contributed by atoms with Crippen molar-refractivity contribution in [2.75, 3.05) is 25.5 Å².